The molecule has 0 fully saturated rings. The van der Waals surface area contributed by atoms with E-state index < -0.39 is 11.4 Å². The molecule has 1 heterocycles. The van der Waals surface area contributed by atoms with Crippen LogP contribution in [0, 0.1) is 5.82 Å². The van der Waals surface area contributed by atoms with Gasteiger partial charge in [-0.3, -0.25) is 15.0 Å². The topological polar surface area (TPSA) is 64.0 Å². The van der Waals surface area contributed by atoms with Gasteiger partial charge in [0.15, 0.2) is 0 Å². The normalized spacial score (nSPS) is 10.8. The van der Waals surface area contributed by atoms with Crippen molar-refractivity contribution in [3.05, 3.63) is 76.1 Å². The van der Waals surface area contributed by atoms with Crippen molar-refractivity contribution in [3.8, 4) is 0 Å². The Balaban J connectivity index is 1.99. The Morgan fingerprint density at radius 2 is 1.92 bits per heavy atom. The minimum atomic E-state index is -0.654. The third kappa shape index (κ3) is 3.03. The van der Waals surface area contributed by atoms with Crippen LogP contribution in [-0.4, -0.2) is 15.6 Å². The molecule has 0 aliphatic carbocycles. The van der Waals surface area contributed by atoms with Crippen molar-refractivity contribution >= 4 is 16.8 Å². The van der Waals surface area contributed by atoms with E-state index in [-0.39, 0.29) is 23.2 Å². The van der Waals surface area contributed by atoms with Gasteiger partial charge in [0.1, 0.15) is 17.0 Å². The summed E-state index contributed by atoms with van der Waals surface area (Å²) in [6.07, 6.45) is 0.541. The van der Waals surface area contributed by atoms with Crippen LogP contribution in [0.15, 0.2) is 53.3 Å². The quantitative estimate of drug-likeness (QED) is 0.801. The van der Waals surface area contributed by atoms with E-state index in [1.54, 1.807) is 6.07 Å². The van der Waals surface area contributed by atoms with Crippen LogP contribution in [-0.2, 0) is 17.6 Å². The van der Waals surface area contributed by atoms with Crippen LogP contribution in [0.3, 0.4) is 0 Å². The Bertz CT molecular complexity index is 952. The van der Waals surface area contributed by atoms with Crippen molar-refractivity contribution in [1.82, 2.24) is 9.66 Å². The molecule has 1 N–H and O–H groups in total. The summed E-state index contributed by atoms with van der Waals surface area (Å²) in [6.45, 7) is 1.81. The van der Waals surface area contributed by atoms with Gasteiger partial charge < -0.3 is 0 Å². The monoisotopic (exact) mass is 325 g/mol. The van der Waals surface area contributed by atoms with Crippen molar-refractivity contribution < 1.29 is 9.18 Å². The van der Waals surface area contributed by atoms with E-state index in [0.717, 1.165) is 10.2 Å². The number of halogens is 1. The van der Waals surface area contributed by atoms with Gasteiger partial charge in [-0.05, 0) is 17.7 Å². The molecule has 5 nitrogen and oxygen atoms in total. The third-order valence-corrected chi connectivity index (χ3v) is 3.68. The first-order chi connectivity index (χ1) is 11.6. The Morgan fingerprint density at radius 1 is 1.17 bits per heavy atom. The summed E-state index contributed by atoms with van der Waals surface area (Å²) in [4.78, 5) is 29.1. The smallest absolute Gasteiger partial charge is 0.273 e. The predicted molar refractivity (Wildman–Crippen MR) is 89.9 cm³/mol. The molecule has 0 bridgehead atoms. The zero-order valence-electron chi connectivity index (χ0n) is 13.1. The molecular formula is C18H16FN3O2. The largest absolute Gasteiger partial charge is 0.283 e. The van der Waals surface area contributed by atoms with Crippen LogP contribution >= 0.6 is 0 Å². The molecule has 0 radical (unpaired) electrons. The molecule has 1 aromatic heterocycles. The van der Waals surface area contributed by atoms with Crippen molar-refractivity contribution in [2.75, 3.05) is 5.43 Å². The fourth-order valence-electron chi connectivity index (χ4n) is 2.53. The highest BCUT2D eigenvalue weighted by Crippen LogP contribution is 2.12. The van der Waals surface area contributed by atoms with E-state index in [1.807, 2.05) is 37.3 Å². The van der Waals surface area contributed by atoms with E-state index >= 15 is 0 Å². The number of aryl methyl sites for hydroxylation is 1. The number of fused-ring (bicyclic) bond motifs is 1. The lowest BCUT2D eigenvalue weighted by atomic mass is 10.1. The summed E-state index contributed by atoms with van der Waals surface area (Å²) in [7, 11) is 0. The van der Waals surface area contributed by atoms with Crippen LogP contribution in [0.4, 0.5) is 4.39 Å². The van der Waals surface area contributed by atoms with E-state index in [2.05, 4.69) is 10.4 Å². The van der Waals surface area contributed by atoms with E-state index in [4.69, 9.17) is 0 Å². The first kappa shape index (κ1) is 15.9. The Morgan fingerprint density at radius 3 is 2.62 bits per heavy atom. The van der Waals surface area contributed by atoms with Crippen LogP contribution in [0.25, 0.3) is 10.9 Å². The molecule has 2 aromatic carbocycles. The predicted octanol–water partition coefficient (Wildman–Crippen LogP) is 2.41. The molecule has 3 rings (SSSR count). The molecule has 0 aliphatic heterocycles. The summed E-state index contributed by atoms with van der Waals surface area (Å²) in [5.74, 6) is -0.645. The average molecular weight is 325 g/mol. The maximum Gasteiger partial charge on any atom is 0.283 e. The molecular weight excluding hydrogens is 309 g/mol. The van der Waals surface area contributed by atoms with Gasteiger partial charge in [0.2, 0.25) is 5.91 Å². The number of nitrogens with zero attached hydrogens (tertiary/aromatic N) is 2. The number of nitrogens with one attached hydrogen (secondary N) is 1. The van der Waals surface area contributed by atoms with Gasteiger partial charge in [0.25, 0.3) is 5.56 Å². The van der Waals surface area contributed by atoms with Crippen LogP contribution in [0.5, 0.6) is 0 Å². The summed E-state index contributed by atoms with van der Waals surface area (Å²) in [6, 6.07) is 13.4. The lowest BCUT2D eigenvalue weighted by Crippen LogP contribution is -2.37. The summed E-state index contributed by atoms with van der Waals surface area (Å²) in [5.41, 5.74) is 3.02. The first-order valence-electron chi connectivity index (χ1n) is 7.64. The fraction of sp³-hybridized carbons (Fsp3) is 0.167. The number of benzene rings is 2. The number of carbonyl (C=O) groups excluding carboxylic acids is 1. The zero-order valence-corrected chi connectivity index (χ0v) is 13.1. The number of hydrogen-bond donors (Lipinski definition) is 1. The molecule has 122 valence electrons. The Hall–Kier alpha value is -3.02. The minimum absolute atomic E-state index is 0.117. The number of hydrogen-bond acceptors (Lipinski definition) is 3. The van der Waals surface area contributed by atoms with Gasteiger partial charge in [-0.15, -0.1) is 0 Å². The number of amides is 1. The number of aromatic nitrogens is 2. The van der Waals surface area contributed by atoms with Crippen molar-refractivity contribution in [3.63, 3.8) is 0 Å². The van der Waals surface area contributed by atoms with Gasteiger partial charge in [0, 0.05) is 6.42 Å². The number of rotatable bonds is 4. The van der Waals surface area contributed by atoms with Gasteiger partial charge in [-0.1, -0.05) is 43.3 Å². The SMILES string of the molecule is CCc1nc2cccc(F)c2c(=O)n1NC(=O)Cc1ccccc1. The molecule has 6 heteroatoms. The van der Waals surface area contributed by atoms with E-state index in [0.29, 0.717) is 12.2 Å². The van der Waals surface area contributed by atoms with Crippen LogP contribution < -0.4 is 11.0 Å². The summed E-state index contributed by atoms with van der Waals surface area (Å²) in [5, 5.41) is -0.130. The second-order valence-corrected chi connectivity index (χ2v) is 5.35. The lowest BCUT2D eigenvalue weighted by molar-refractivity contribution is -0.116. The standard InChI is InChI=1S/C18H16FN3O2/c1-2-15-20-14-10-6-9-13(19)17(14)18(24)22(15)21-16(23)11-12-7-4-3-5-8-12/h3-10H,2,11H2,1H3,(H,21,23). The van der Waals surface area contributed by atoms with Crippen LogP contribution in [0.2, 0.25) is 0 Å². The second-order valence-electron chi connectivity index (χ2n) is 5.35. The summed E-state index contributed by atoms with van der Waals surface area (Å²) < 4.78 is 15.0. The van der Waals surface area contributed by atoms with Crippen LogP contribution in [0.1, 0.15) is 18.3 Å². The molecule has 1 amide bonds. The first-order valence-corrected chi connectivity index (χ1v) is 7.64. The molecule has 0 saturated carbocycles. The molecule has 0 atom stereocenters. The molecule has 0 saturated heterocycles. The molecule has 0 spiro atoms. The zero-order chi connectivity index (χ0) is 17.1. The molecule has 0 unspecified atom stereocenters. The average Bonchev–Trinajstić information content (AvgIpc) is 2.58. The number of carbonyl (C=O) groups is 1. The molecule has 3 aromatic rings. The Labute approximate surface area is 137 Å². The Kier molecular flexibility index (Phi) is 4.37. The van der Waals surface area contributed by atoms with E-state index in [1.165, 1.54) is 12.1 Å². The van der Waals surface area contributed by atoms with E-state index in [9.17, 15) is 14.0 Å². The maximum atomic E-state index is 14.0. The highest BCUT2D eigenvalue weighted by Gasteiger charge is 2.15. The molecule has 0 aliphatic rings. The molecule has 24 heavy (non-hydrogen) atoms. The minimum Gasteiger partial charge on any atom is -0.273 e. The fourth-order valence-corrected chi connectivity index (χ4v) is 2.53. The van der Waals surface area contributed by atoms with Gasteiger partial charge in [-0.25, -0.2) is 14.1 Å². The summed E-state index contributed by atoms with van der Waals surface area (Å²) >= 11 is 0. The van der Waals surface area contributed by atoms with Gasteiger partial charge in [0.05, 0.1) is 11.9 Å². The van der Waals surface area contributed by atoms with Crippen molar-refractivity contribution in [2.24, 2.45) is 0 Å². The second kappa shape index (κ2) is 6.62. The highest BCUT2D eigenvalue weighted by atomic mass is 19.1. The lowest BCUT2D eigenvalue weighted by Gasteiger charge is -2.13. The third-order valence-electron chi connectivity index (χ3n) is 3.68. The van der Waals surface area contributed by atoms with Crippen molar-refractivity contribution in [1.29, 1.82) is 0 Å². The van der Waals surface area contributed by atoms with Crippen molar-refractivity contribution in [2.45, 2.75) is 19.8 Å². The maximum absolute atomic E-state index is 14.0. The van der Waals surface area contributed by atoms with Gasteiger partial charge in [-0.2, -0.15) is 0 Å². The van der Waals surface area contributed by atoms with Gasteiger partial charge >= 0.3 is 0 Å². The highest BCUT2D eigenvalue weighted by molar-refractivity contribution is 5.86.